The fourth-order valence-electron chi connectivity index (χ4n) is 2.14. The van der Waals surface area contributed by atoms with E-state index in [-0.39, 0.29) is 5.25 Å². The first kappa shape index (κ1) is 14.7. The lowest BCUT2D eigenvalue weighted by Crippen LogP contribution is -2.35. The van der Waals surface area contributed by atoms with Gasteiger partial charge in [0.1, 0.15) is 0 Å². The van der Waals surface area contributed by atoms with Gasteiger partial charge in [-0.2, -0.15) is 0 Å². The molecule has 0 aromatic carbocycles. The first-order valence-corrected chi connectivity index (χ1v) is 8.21. The summed E-state index contributed by atoms with van der Waals surface area (Å²) in [6.07, 6.45) is 6.02. The predicted octanol–water partition coefficient (Wildman–Crippen LogP) is 2.29. The van der Waals surface area contributed by atoms with Crippen LogP contribution in [0, 0.1) is 0 Å². The Bertz CT molecular complexity index is 356. The summed E-state index contributed by atoms with van der Waals surface area (Å²) in [7, 11) is -2.79. The Balaban J connectivity index is 2.24. The molecule has 1 N–H and O–H groups in total. The van der Waals surface area contributed by atoms with E-state index in [0.717, 1.165) is 25.7 Å². The van der Waals surface area contributed by atoms with Crippen molar-refractivity contribution in [2.24, 2.45) is 0 Å². The molecule has 0 unspecified atom stereocenters. The van der Waals surface area contributed by atoms with Crippen molar-refractivity contribution in [1.82, 2.24) is 5.32 Å². The van der Waals surface area contributed by atoms with Crippen molar-refractivity contribution in [3.05, 3.63) is 11.6 Å². The molecule has 2 atom stereocenters. The maximum atomic E-state index is 11.6. The van der Waals surface area contributed by atoms with E-state index in [0.29, 0.717) is 18.3 Å². The Morgan fingerprint density at radius 1 is 1.47 bits per heavy atom. The molecule has 0 saturated carbocycles. The molecule has 1 rings (SSSR count). The fraction of sp³-hybridized carbons (Fsp3) is 0.846. The van der Waals surface area contributed by atoms with Crippen LogP contribution in [0.5, 0.6) is 0 Å². The van der Waals surface area contributed by atoms with Gasteiger partial charge >= 0.3 is 0 Å². The van der Waals surface area contributed by atoms with Gasteiger partial charge in [0.2, 0.25) is 0 Å². The number of rotatable bonds is 6. The molecule has 0 spiro atoms. The lowest BCUT2D eigenvalue weighted by molar-refractivity contribution is 0.502. The van der Waals surface area contributed by atoms with Gasteiger partial charge in [0.15, 0.2) is 9.84 Å². The Morgan fingerprint density at radius 3 is 2.71 bits per heavy atom. The number of sulfone groups is 1. The Labute approximate surface area is 106 Å². The van der Waals surface area contributed by atoms with E-state index < -0.39 is 9.84 Å². The minimum absolute atomic E-state index is 0.145. The standard InChI is InChI=1S/C13H25NO2S/c1-11(2)6-4-7-12(3)14-10-13-8-5-9-17(13,15)16/h6,12-14H,4-5,7-10H2,1-3H3/t12-,13+/m0/s1. The zero-order chi connectivity index (χ0) is 12.9. The number of hydrogen-bond donors (Lipinski definition) is 1. The van der Waals surface area contributed by atoms with Crippen LogP contribution in [-0.4, -0.2) is 32.0 Å². The highest BCUT2D eigenvalue weighted by Crippen LogP contribution is 2.19. The van der Waals surface area contributed by atoms with Crippen molar-refractivity contribution in [1.29, 1.82) is 0 Å². The summed E-state index contributed by atoms with van der Waals surface area (Å²) >= 11 is 0. The zero-order valence-corrected chi connectivity index (χ0v) is 12.0. The molecule has 4 heteroatoms. The van der Waals surface area contributed by atoms with E-state index in [4.69, 9.17) is 0 Å². The van der Waals surface area contributed by atoms with Crippen LogP contribution in [0.15, 0.2) is 11.6 Å². The van der Waals surface area contributed by atoms with Gasteiger partial charge in [-0.25, -0.2) is 8.42 Å². The Morgan fingerprint density at radius 2 is 2.18 bits per heavy atom. The monoisotopic (exact) mass is 259 g/mol. The SMILES string of the molecule is CC(C)=CCC[C@H](C)NC[C@H]1CCCS1(=O)=O. The largest absolute Gasteiger partial charge is 0.313 e. The van der Waals surface area contributed by atoms with E-state index in [1.165, 1.54) is 5.57 Å². The Kier molecular flexibility index (Phi) is 5.67. The molecule has 1 heterocycles. The van der Waals surface area contributed by atoms with Gasteiger partial charge in [0.05, 0.1) is 11.0 Å². The normalized spacial score (nSPS) is 24.5. The fourth-order valence-corrected chi connectivity index (χ4v) is 3.92. The highest BCUT2D eigenvalue weighted by Gasteiger charge is 2.30. The molecule has 17 heavy (non-hydrogen) atoms. The van der Waals surface area contributed by atoms with Crippen molar-refractivity contribution in [3.63, 3.8) is 0 Å². The van der Waals surface area contributed by atoms with Crippen molar-refractivity contribution in [3.8, 4) is 0 Å². The summed E-state index contributed by atoms with van der Waals surface area (Å²) in [6, 6.07) is 0.390. The first-order chi connectivity index (χ1) is 7.92. The van der Waals surface area contributed by atoms with Crippen molar-refractivity contribution in [2.75, 3.05) is 12.3 Å². The summed E-state index contributed by atoms with van der Waals surface area (Å²) in [4.78, 5) is 0. The third-order valence-electron chi connectivity index (χ3n) is 3.31. The smallest absolute Gasteiger partial charge is 0.154 e. The van der Waals surface area contributed by atoms with Crippen LogP contribution in [0.3, 0.4) is 0 Å². The molecule has 1 fully saturated rings. The third kappa shape index (κ3) is 5.21. The van der Waals surface area contributed by atoms with Crippen LogP contribution in [0.25, 0.3) is 0 Å². The maximum Gasteiger partial charge on any atom is 0.154 e. The van der Waals surface area contributed by atoms with Crippen molar-refractivity contribution >= 4 is 9.84 Å². The topological polar surface area (TPSA) is 46.2 Å². The molecule has 0 aliphatic carbocycles. The molecule has 0 bridgehead atoms. The lowest BCUT2D eigenvalue weighted by atomic mass is 10.1. The summed E-state index contributed by atoms with van der Waals surface area (Å²) in [5.41, 5.74) is 1.34. The van der Waals surface area contributed by atoms with Gasteiger partial charge in [0.25, 0.3) is 0 Å². The van der Waals surface area contributed by atoms with Gasteiger partial charge < -0.3 is 5.32 Å². The molecule has 1 saturated heterocycles. The predicted molar refractivity (Wildman–Crippen MR) is 72.9 cm³/mol. The van der Waals surface area contributed by atoms with E-state index in [1.807, 2.05) is 0 Å². The summed E-state index contributed by atoms with van der Waals surface area (Å²) in [6.45, 7) is 6.95. The number of nitrogens with one attached hydrogen (secondary N) is 1. The second-order valence-electron chi connectivity index (χ2n) is 5.30. The summed E-state index contributed by atoms with van der Waals surface area (Å²) in [5.74, 6) is 0.380. The average molecular weight is 259 g/mol. The zero-order valence-electron chi connectivity index (χ0n) is 11.2. The van der Waals surface area contributed by atoms with Crippen molar-refractivity contribution in [2.45, 2.75) is 57.7 Å². The molecular weight excluding hydrogens is 234 g/mol. The number of hydrogen-bond acceptors (Lipinski definition) is 3. The molecule has 0 radical (unpaired) electrons. The first-order valence-electron chi connectivity index (χ1n) is 6.50. The summed E-state index contributed by atoms with van der Waals surface area (Å²) in [5, 5.41) is 3.20. The second kappa shape index (κ2) is 6.55. The number of allylic oxidation sites excluding steroid dienone is 2. The molecule has 0 aromatic heterocycles. The van der Waals surface area contributed by atoms with Crippen LogP contribution < -0.4 is 5.32 Å². The molecule has 1 aliphatic heterocycles. The van der Waals surface area contributed by atoms with Crippen LogP contribution in [0.1, 0.15) is 46.5 Å². The molecule has 0 amide bonds. The molecule has 1 aliphatic rings. The molecule has 3 nitrogen and oxygen atoms in total. The minimum atomic E-state index is -2.79. The minimum Gasteiger partial charge on any atom is -0.313 e. The molecule has 0 aromatic rings. The molecular formula is C13H25NO2S. The van der Waals surface area contributed by atoms with E-state index >= 15 is 0 Å². The average Bonchev–Trinajstić information content (AvgIpc) is 2.54. The van der Waals surface area contributed by atoms with Gasteiger partial charge in [-0.15, -0.1) is 0 Å². The Hall–Kier alpha value is -0.350. The second-order valence-corrected chi connectivity index (χ2v) is 7.70. The van der Waals surface area contributed by atoms with Gasteiger partial charge in [-0.1, -0.05) is 11.6 Å². The van der Waals surface area contributed by atoms with Crippen LogP contribution in [0.2, 0.25) is 0 Å². The van der Waals surface area contributed by atoms with Crippen molar-refractivity contribution < 1.29 is 8.42 Å². The molecule has 100 valence electrons. The highest BCUT2D eigenvalue weighted by atomic mass is 32.2. The maximum absolute atomic E-state index is 11.6. The quantitative estimate of drug-likeness (QED) is 0.744. The van der Waals surface area contributed by atoms with Crippen LogP contribution >= 0.6 is 0 Å². The summed E-state index contributed by atoms with van der Waals surface area (Å²) < 4.78 is 23.3. The lowest BCUT2D eigenvalue weighted by Gasteiger charge is -2.16. The van der Waals surface area contributed by atoms with E-state index in [1.54, 1.807) is 0 Å². The van der Waals surface area contributed by atoms with Gasteiger partial charge in [-0.3, -0.25) is 0 Å². The third-order valence-corrected chi connectivity index (χ3v) is 5.58. The van der Waals surface area contributed by atoms with Crippen LogP contribution in [0.4, 0.5) is 0 Å². The van der Waals surface area contributed by atoms with E-state index in [9.17, 15) is 8.42 Å². The highest BCUT2D eigenvalue weighted by molar-refractivity contribution is 7.92. The van der Waals surface area contributed by atoms with Gasteiger partial charge in [-0.05, 0) is 46.5 Å². The van der Waals surface area contributed by atoms with Crippen LogP contribution in [-0.2, 0) is 9.84 Å². The van der Waals surface area contributed by atoms with Gasteiger partial charge in [0, 0.05) is 12.6 Å². The van der Waals surface area contributed by atoms with E-state index in [2.05, 4.69) is 32.2 Å².